The number of nitrogens with zero attached hydrogens (tertiary/aromatic N) is 4. The number of nitro groups is 1. The number of hydrogen-bond acceptors (Lipinski definition) is 6. The molecule has 0 radical (unpaired) electrons. The molecule has 1 N–H and O–H groups in total. The van der Waals surface area contributed by atoms with Crippen LogP contribution in [0, 0.1) is 10.1 Å². The number of anilines is 1. The SMILES string of the molecule is O=[N+]([O-])c1cnc(N(CC2CCCN2)C2CC2)nc1. The van der Waals surface area contributed by atoms with E-state index in [1.807, 2.05) is 0 Å². The summed E-state index contributed by atoms with van der Waals surface area (Å²) in [7, 11) is 0. The lowest BCUT2D eigenvalue weighted by molar-refractivity contribution is -0.385. The molecule has 2 aliphatic rings. The van der Waals surface area contributed by atoms with E-state index >= 15 is 0 Å². The van der Waals surface area contributed by atoms with E-state index in [0.29, 0.717) is 18.0 Å². The zero-order valence-corrected chi connectivity index (χ0v) is 10.7. The highest BCUT2D eigenvalue weighted by molar-refractivity contribution is 5.37. The first-order valence-electron chi connectivity index (χ1n) is 6.70. The van der Waals surface area contributed by atoms with Crippen molar-refractivity contribution in [3.05, 3.63) is 22.5 Å². The van der Waals surface area contributed by atoms with Crippen LogP contribution >= 0.6 is 0 Å². The summed E-state index contributed by atoms with van der Waals surface area (Å²) in [6.45, 7) is 1.97. The molecule has 3 rings (SSSR count). The molecule has 1 aliphatic carbocycles. The van der Waals surface area contributed by atoms with Gasteiger partial charge < -0.3 is 10.2 Å². The van der Waals surface area contributed by atoms with Gasteiger partial charge in [-0.05, 0) is 32.2 Å². The highest BCUT2D eigenvalue weighted by atomic mass is 16.6. The quantitative estimate of drug-likeness (QED) is 0.632. The molecule has 2 fully saturated rings. The van der Waals surface area contributed by atoms with Crippen LogP contribution < -0.4 is 10.2 Å². The molecular weight excluding hydrogens is 246 g/mol. The molecular formula is C12H17N5O2. The molecule has 1 unspecified atom stereocenters. The molecule has 2 heterocycles. The summed E-state index contributed by atoms with van der Waals surface area (Å²) in [4.78, 5) is 20.6. The second-order valence-corrected chi connectivity index (χ2v) is 5.18. The molecule has 102 valence electrons. The van der Waals surface area contributed by atoms with E-state index in [0.717, 1.165) is 25.9 Å². The van der Waals surface area contributed by atoms with E-state index in [2.05, 4.69) is 20.2 Å². The van der Waals surface area contributed by atoms with Crippen molar-refractivity contribution in [2.75, 3.05) is 18.0 Å². The first-order valence-corrected chi connectivity index (χ1v) is 6.70. The van der Waals surface area contributed by atoms with Gasteiger partial charge in [0.1, 0.15) is 12.4 Å². The smallest absolute Gasteiger partial charge is 0.305 e. The van der Waals surface area contributed by atoms with E-state index in [1.165, 1.54) is 25.2 Å². The topological polar surface area (TPSA) is 84.2 Å². The lowest BCUT2D eigenvalue weighted by atomic mass is 10.2. The summed E-state index contributed by atoms with van der Waals surface area (Å²) < 4.78 is 0. The molecule has 1 saturated carbocycles. The molecule has 19 heavy (non-hydrogen) atoms. The zero-order valence-electron chi connectivity index (χ0n) is 10.7. The standard InChI is InChI=1S/C12H17N5O2/c18-17(19)11-6-14-12(15-7-11)16(10-3-4-10)8-9-2-1-5-13-9/h6-7,9-10,13H,1-5,8H2. The molecule has 7 nitrogen and oxygen atoms in total. The summed E-state index contributed by atoms with van der Waals surface area (Å²) in [6, 6.07) is 0.989. The fourth-order valence-corrected chi connectivity index (χ4v) is 2.49. The molecule has 0 amide bonds. The lowest BCUT2D eigenvalue weighted by Crippen LogP contribution is -2.39. The van der Waals surface area contributed by atoms with Gasteiger partial charge in [-0.25, -0.2) is 9.97 Å². The van der Waals surface area contributed by atoms with Crippen LogP contribution in [0.1, 0.15) is 25.7 Å². The summed E-state index contributed by atoms with van der Waals surface area (Å²) >= 11 is 0. The number of rotatable bonds is 5. The van der Waals surface area contributed by atoms with Gasteiger partial charge in [0.25, 0.3) is 0 Å². The lowest BCUT2D eigenvalue weighted by Gasteiger charge is -2.25. The van der Waals surface area contributed by atoms with Crippen molar-refractivity contribution in [2.45, 2.75) is 37.8 Å². The minimum absolute atomic E-state index is 0.0570. The Bertz CT molecular complexity index is 454. The van der Waals surface area contributed by atoms with E-state index in [4.69, 9.17) is 0 Å². The molecule has 1 saturated heterocycles. The fourth-order valence-electron chi connectivity index (χ4n) is 2.49. The summed E-state index contributed by atoms with van der Waals surface area (Å²) in [6.07, 6.45) is 7.29. The Morgan fingerprint density at radius 3 is 2.63 bits per heavy atom. The average Bonchev–Trinajstić information content (AvgIpc) is 3.13. The van der Waals surface area contributed by atoms with Crippen LogP contribution in [0.4, 0.5) is 11.6 Å². The Labute approximate surface area is 111 Å². The Morgan fingerprint density at radius 1 is 1.37 bits per heavy atom. The molecule has 1 aliphatic heterocycles. The van der Waals surface area contributed by atoms with Crippen molar-refractivity contribution in [3.63, 3.8) is 0 Å². The molecule has 7 heteroatoms. The molecule has 1 aromatic rings. The van der Waals surface area contributed by atoms with Gasteiger partial charge in [0, 0.05) is 18.6 Å². The summed E-state index contributed by atoms with van der Waals surface area (Å²) in [5.41, 5.74) is -0.0570. The van der Waals surface area contributed by atoms with Gasteiger partial charge in [-0.3, -0.25) is 10.1 Å². The largest absolute Gasteiger partial charge is 0.336 e. The third kappa shape index (κ3) is 2.81. The summed E-state index contributed by atoms with van der Waals surface area (Å²) in [5, 5.41) is 14.1. The van der Waals surface area contributed by atoms with Crippen LogP contribution in [-0.4, -0.2) is 40.1 Å². The maximum atomic E-state index is 10.6. The second-order valence-electron chi connectivity index (χ2n) is 5.18. The first kappa shape index (κ1) is 12.3. The Hall–Kier alpha value is -1.76. The second kappa shape index (κ2) is 5.08. The van der Waals surface area contributed by atoms with Gasteiger partial charge in [0.05, 0.1) is 4.92 Å². The van der Waals surface area contributed by atoms with Crippen molar-refractivity contribution in [2.24, 2.45) is 0 Å². The van der Waals surface area contributed by atoms with E-state index < -0.39 is 4.92 Å². The van der Waals surface area contributed by atoms with Crippen molar-refractivity contribution in [1.82, 2.24) is 15.3 Å². The molecule has 1 aromatic heterocycles. The molecule has 0 aromatic carbocycles. The van der Waals surface area contributed by atoms with E-state index in [1.54, 1.807) is 0 Å². The Morgan fingerprint density at radius 2 is 2.11 bits per heavy atom. The maximum absolute atomic E-state index is 10.6. The van der Waals surface area contributed by atoms with Crippen LogP contribution in [0.15, 0.2) is 12.4 Å². The average molecular weight is 263 g/mol. The monoisotopic (exact) mass is 263 g/mol. The van der Waals surface area contributed by atoms with Gasteiger partial charge in [-0.2, -0.15) is 0 Å². The van der Waals surface area contributed by atoms with Gasteiger partial charge in [-0.1, -0.05) is 0 Å². The van der Waals surface area contributed by atoms with Gasteiger partial charge in [-0.15, -0.1) is 0 Å². The molecule has 0 spiro atoms. The Kier molecular flexibility index (Phi) is 3.29. The highest BCUT2D eigenvalue weighted by Crippen LogP contribution is 2.30. The van der Waals surface area contributed by atoms with Crippen molar-refractivity contribution in [3.8, 4) is 0 Å². The molecule has 1 atom stereocenters. The van der Waals surface area contributed by atoms with Gasteiger partial charge in [0.15, 0.2) is 0 Å². The number of nitrogens with one attached hydrogen (secondary N) is 1. The van der Waals surface area contributed by atoms with Crippen LogP contribution in [0.25, 0.3) is 0 Å². The summed E-state index contributed by atoms with van der Waals surface area (Å²) in [5.74, 6) is 0.613. The van der Waals surface area contributed by atoms with Crippen molar-refractivity contribution >= 4 is 11.6 Å². The highest BCUT2D eigenvalue weighted by Gasteiger charge is 2.33. The van der Waals surface area contributed by atoms with Crippen LogP contribution in [0.5, 0.6) is 0 Å². The van der Waals surface area contributed by atoms with Crippen molar-refractivity contribution < 1.29 is 4.92 Å². The van der Waals surface area contributed by atoms with Crippen LogP contribution in [0.2, 0.25) is 0 Å². The van der Waals surface area contributed by atoms with Gasteiger partial charge in [0.2, 0.25) is 5.95 Å². The fraction of sp³-hybridized carbons (Fsp3) is 0.667. The van der Waals surface area contributed by atoms with Crippen molar-refractivity contribution in [1.29, 1.82) is 0 Å². The molecule has 0 bridgehead atoms. The first-order chi connectivity index (χ1) is 9.24. The van der Waals surface area contributed by atoms with E-state index in [-0.39, 0.29) is 5.69 Å². The van der Waals surface area contributed by atoms with Crippen LogP contribution in [0.3, 0.4) is 0 Å². The minimum Gasteiger partial charge on any atom is -0.336 e. The predicted octanol–water partition coefficient (Wildman–Crippen LogP) is 1.11. The van der Waals surface area contributed by atoms with E-state index in [9.17, 15) is 10.1 Å². The third-order valence-corrected chi connectivity index (χ3v) is 3.66. The maximum Gasteiger partial charge on any atom is 0.305 e. The van der Waals surface area contributed by atoms with Crippen LogP contribution in [-0.2, 0) is 0 Å². The predicted molar refractivity (Wildman–Crippen MR) is 70.1 cm³/mol. The Balaban J connectivity index is 1.73. The minimum atomic E-state index is -0.468. The number of aromatic nitrogens is 2. The van der Waals surface area contributed by atoms with Gasteiger partial charge >= 0.3 is 5.69 Å². The normalized spacial score (nSPS) is 22.4. The number of hydrogen-bond donors (Lipinski definition) is 1. The zero-order chi connectivity index (χ0) is 13.2. The third-order valence-electron chi connectivity index (χ3n) is 3.66.